The molecule has 5 heteroatoms. The SMILES string of the molecule is CCC1CN(C(CN)c2cc(OC)ccc2Br)CCO1. The third-order valence-corrected chi connectivity index (χ3v) is 4.57. The molecule has 1 fully saturated rings. The second kappa shape index (κ2) is 7.41. The van der Waals surface area contributed by atoms with Crippen molar-refractivity contribution in [2.45, 2.75) is 25.5 Å². The summed E-state index contributed by atoms with van der Waals surface area (Å²) in [6.45, 7) is 5.37. The minimum absolute atomic E-state index is 0.192. The third kappa shape index (κ3) is 3.52. The first-order chi connectivity index (χ1) is 9.69. The smallest absolute Gasteiger partial charge is 0.119 e. The molecule has 1 aliphatic rings. The average Bonchev–Trinajstić information content (AvgIpc) is 2.50. The van der Waals surface area contributed by atoms with Crippen LogP contribution in [0.5, 0.6) is 5.75 Å². The van der Waals surface area contributed by atoms with Gasteiger partial charge in [0.1, 0.15) is 5.75 Å². The maximum atomic E-state index is 6.04. The van der Waals surface area contributed by atoms with Crippen molar-refractivity contribution >= 4 is 15.9 Å². The van der Waals surface area contributed by atoms with Crippen molar-refractivity contribution in [3.63, 3.8) is 0 Å². The van der Waals surface area contributed by atoms with Crippen molar-refractivity contribution < 1.29 is 9.47 Å². The molecule has 0 bridgehead atoms. The molecule has 1 aliphatic heterocycles. The summed E-state index contributed by atoms with van der Waals surface area (Å²) >= 11 is 3.63. The number of morpholine rings is 1. The van der Waals surface area contributed by atoms with Gasteiger partial charge in [0.15, 0.2) is 0 Å². The molecule has 0 saturated carbocycles. The van der Waals surface area contributed by atoms with E-state index in [1.165, 1.54) is 5.56 Å². The largest absolute Gasteiger partial charge is 0.497 e. The van der Waals surface area contributed by atoms with Crippen molar-refractivity contribution in [2.75, 3.05) is 33.4 Å². The average molecular weight is 343 g/mol. The molecule has 20 heavy (non-hydrogen) atoms. The number of nitrogens with zero attached hydrogens (tertiary/aromatic N) is 1. The van der Waals surface area contributed by atoms with Crippen molar-refractivity contribution in [2.24, 2.45) is 5.73 Å². The molecule has 1 saturated heterocycles. The van der Waals surface area contributed by atoms with Crippen LogP contribution in [0.1, 0.15) is 24.9 Å². The number of hydrogen-bond acceptors (Lipinski definition) is 4. The van der Waals surface area contributed by atoms with Gasteiger partial charge in [0.05, 0.1) is 19.8 Å². The predicted molar refractivity (Wildman–Crippen MR) is 84.1 cm³/mol. The predicted octanol–water partition coefficient (Wildman–Crippen LogP) is 2.57. The van der Waals surface area contributed by atoms with Crippen LogP contribution in [0.25, 0.3) is 0 Å². The van der Waals surface area contributed by atoms with Crippen LogP contribution in [0, 0.1) is 0 Å². The molecule has 112 valence electrons. The van der Waals surface area contributed by atoms with Crippen LogP contribution in [0.15, 0.2) is 22.7 Å². The molecule has 2 N–H and O–H groups in total. The number of rotatable bonds is 5. The highest BCUT2D eigenvalue weighted by atomic mass is 79.9. The standard InChI is InChI=1S/C15H23BrN2O2/c1-3-11-10-18(6-7-20-11)15(9-17)13-8-12(19-2)4-5-14(13)16/h4-5,8,11,15H,3,6-7,9-10,17H2,1-2H3. The molecule has 1 aromatic rings. The maximum absolute atomic E-state index is 6.04. The number of hydrogen-bond donors (Lipinski definition) is 1. The lowest BCUT2D eigenvalue weighted by Gasteiger charge is -2.38. The Bertz CT molecular complexity index is 442. The van der Waals surface area contributed by atoms with E-state index in [4.69, 9.17) is 15.2 Å². The summed E-state index contributed by atoms with van der Waals surface area (Å²) < 4.78 is 12.2. The minimum atomic E-state index is 0.192. The number of halogens is 1. The molecule has 0 radical (unpaired) electrons. The van der Waals surface area contributed by atoms with Gasteiger partial charge in [-0.05, 0) is 30.2 Å². The van der Waals surface area contributed by atoms with Crippen molar-refractivity contribution in [3.05, 3.63) is 28.2 Å². The van der Waals surface area contributed by atoms with Gasteiger partial charge in [-0.25, -0.2) is 0 Å². The summed E-state index contributed by atoms with van der Waals surface area (Å²) in [6, 6.07) is 6.24. The van der Waals surface area contributed by atoms with Crippen LogP contribution in [-0.2, 0) is 4.74 Å². The van der Waals surface area contributed by atoms with Gasteiger partial charge in [0.25, 0.3) is 0 Å². The minimum Gasteiger partial charge on any atom is -0.497 e. The fraction of sp³-hybridized carbons (Fsp3) is 0.600. The number of methoxy groups -OCH3 is 1. The Balaban J connectivity index is 2.22. The normalized spacial score (nSPS) is 21.7. The molecule has 4 nitrogen and oxygen atoms in total. The van der Waals surface area contributed by atoms with Gasteiger partial charge in [-0.1, -0.05) is 22.9 Å². The second-order valence-corrected chi connectivity index (χ2v) is 5.89. The van der Waals surface area contributed by atoms with Crippen molar-refractivity contribution in [1.29, 1.82) is 0 Å². The van der Waals surface area contributed by atoms with Crippen LogP contribution in [0.3, 0.4) is 0 Å². The first-order valence-corrected chi connectivity index (χ1v) is 7.88. The molecular weight excluding hydrogens is 320 g/mol. The Morgan fingerprint density at radius 1 is 1.55 bits per heavy atom. The highest BCUT2D eigenvalue weighted by Crippen LogP contribution is 2.31. The first-order valence-electron chi connectivity index (χ1n) is 7.08. The molecule has 0 amide bonds. The lowest BCUT2D eigenvalue weighted by atomic mass is 10.0. The summed E-state index contributed by atoms with van der Waals surface area (Å²) in [5, 5.41) is 0. The lowest BCUT2D eigenvalue weighted by Crippen LogP contribution is -2.46. The molecule has 1 aromatic carbocycles. The highest BCUT2D eigenvalue weighted by molar-refractivity contribution is 9.10. The van der Waals surface area contributed by atoms with Gasteiger partial charge in [-0.15, -0.1) is 0 Å². The summed E-state index contributed by atoms with van der Waals surface area (Å²) in [5.41, 5.74) is 7.22. The van der Waals surface area contributed by atoms with E-state index < -0.39 is 0 Å². The van der Waals surface area contributed by atoms with E-state index >= 15 is 0 Å². The summed E-state index contributed by atoms with van der Waals surface area (Å²) in [6.07, 6.45) is 1.34. The second-order valence-electron chi connectivity index (χ2n) is 5.03. The molecule has 2 rings (SSSR count). The maximum Gasteiger partial charge on any atom is 0.119 e. The zero-order valence-electron chi connectivity index (χ0n) is 12.1. The van der Waals surface area contributed by atoms with Gasteiger partial charge in [0.2, 0.25) is 0 Å². The fourth-order valence-electron chi connectivity index (χ4n) is 2.65. The zero-order chi connectivity index (χ0) is 14.5. The summed E-state index contributed by atoms with van der Waals surface area (Å²) in [5.74, 6) is 0.863. The monoisotopic (exact) mass is 342 g/mol. The number of benzene rings is 1. The van der Waals surface area contributed by atoms with Gasteiger partial charge in [-0.2, -0.15) is 0 Å². The van der Waals surface area contributed by atoms with Crippen molar-refractivity contribution in [3.8, 4) is 5.75 Å². The van der Waals surface area contributed by atoms with Crippen LogP contribution in [-0.4, -0.2) is 44.4 Å². The third-order valence-electron chi connectivity index (χ3n) is 3.85. The Labute approximate surface area is 129 Å². The molecule has 2 unspecified atom stereocenters. The zero-order valence-corrected chi connectivity index (χ0v) is 13.7. The van der Waals surface area contributed by atoms with E-state index in [0.717, 1.165) is 36.3 Å². The summed E-state index contributed by atoms with van der Waals surface area (Å²) in [4.78, 5) is 2.41. The molecule has 2 atom stereocenters. The van der Waals surface area contributed by atoms with E-state index in [9.17, 15) is 0 Å². The molecule has 0 spiro atoms. The Kier molecular flexibility index (Phi) is 5.84. The van der Waals surface area contributed by atoms with Crippen LogP contribution >= 0.6 is 15.9 Å². The Morgan fingerprint density at radius 3 is 3.00 bits per heavy atom. The lowest BCUT2D eigenvalue weighted by molar-refractivity contribution is -0.0438. The number of ether oxygens (including phenoxy) is 2. The van der Waals surface area contributed by atoms with Crippen molar-refractivity contribution in [1.82, 2.24) is 4.90 Å². The highest BCUT2D eigenvalue weighted by Gasteiger charge is 2.27. The quantitative estimate of drug-likeness (QED) is 0.893. The van der Waals surface area contributed by atoms with Crippen LogP contribution in [0.2, 0.25) is 0 Å². The van der Waals surface area contributed by atoms with E-state index in [1.807, 2.05) is 12.1 Å². The van der Waals surface area contributed by atoms with Gasteiger partial charge in [-0.3, -0.25) is 4.90 Å². The number of nitrogens with two attached hydrogens (primary N) is 1. The van der Waals surface area contributed by atoms with E-state index in [1.54, 1.807) is 7.11 Å². The first kappa shape index (κ1) is 15.8. The molecular formula is C15H23BrN2O2. The molecule has 0 aliphatic carbocycles. The van der Waals surface area contributed by atoms with E-state index in [2.05, 4.69) is 33.8 Å². The topological polar surface area (TPSA) is 47.7 Å². The van der Waals surface area contributed by atoms with Gasteiger partial charge in [0, 0.05) is 30.1 Å². The van der Waals surface area contributed by atoms with Crippen LogP contribution < -0.4 is 10.5 Å². The van der Waals surface area contributed by atoms with Crippen LogP contribution in [0.4, 0.5) is 0 Å². The Morgan fingerprint density at radius 2 is 2.35 bits per heavy atom. The fourth-order valence-corrected chi connectivity index (χ4v) is 3.16. The van der Waals surface area contributed by atoms with E-state index in [-0.39, 0.29) is 6.04 Å². The summed E-state index contributed by atoms with van der Waals surface area (Å²) in [7, 11) is 1.69. The van der Waals surface area contributed by atoms with Gasteiger partial charge >= 0.3 is 0 Å². The van der Waals surface area contributed by atoms with Gasteiger partial charge < -0.3 is 15.2 Å². The van der Waals surface area contributed by atoms with E-state index in [0.29, 0.717) is 12.6 Å². The molecule has 1 heterocycles. The molecule has 0 aromatic heterocycles. The Hall–Kier alpha value is -0.620.